The van der Waals surface area contributed by atoms with E-state index in [4.69, 9.17) is 0 Å². The van der Waals surface area contributed by atoms with E-state index in [1.165, 1.54) is 0 Å². The minimum atomic E-state index is -0.235. The van der Waals surface area contributed by atoms with Gasteiger partial charge in [0.05, 0.1) is 11.4 Å². The summed E-state index contributed by atoms with van der Waals surface area (Å²) in [6, 6.07) is 18.5. The van der Waals surface area contributed by atoms with Crippen LogP contribution in [0.3, 0.4) is 0 Å². The molecular weight excluding hydrogens is 462 g/mol. The van der Waals surface area contributed by atoms with Crippen LogP contribution in [0.25, 0.3) is 0 Å². The van der Waals surface area contributed by atoms with Crippen LogP contribution >= 0.6 is 0 Å². The average molecular weight is 492 g/mol. The third kappa shape index (κ3) is 6.39. The second-order valence-electron chi connectivity index (χ2n) is 9.95. The predicted molar refractivity (Wildman–Crippen MR) is 130 cm³/mol. The van der Waals surface area contributed by atoms with E-state index in [0.717, 1.165) is 11.1 Å². The van der Waals surface area contributed by atoms with Crippen LogP contribution in [-0.2, 0) is 30.3 Å². The molecule has 4 nitrogen and oxygen atoms in total. The van der Waals surface area contributed by atoms with Crippen molar-refractivity contribution in [1.82, 2.24) is 0 Å². The summed E-state index contributed by atoms with van der Waals surface area (Å²) in [6.07, 6.45) is 3.18. The van der Waals surface area contributed by atoms with Crippen LogP contribution in [0.5, 0.6) is 11.5 Å². The van der Waals surface area contributed by atoms with E-state index in [2.05, 4.69) is 9.98 Å². The monoisotopic (exact) mass is 490 g/mol. The molecular formula is C28H30N2O2Zn. The molecule has 5 heteroatoms. The summed E-state index contributed by atoms with van der Waals surface area (Å²) in [4.78, 5) is 9.07. The fraction of sp³-hybridized carbons (Fsp3) is 0.286. The largest absolute Gasteiger partial charge is 2.00 e. The third-order valence-corrected chi connectivity index (χ3v) is 5.27. The number of aliphatic imine (C=N–C) groups is 2. The third-order valence-electron chi connectivity index (χ3n) is 5.27. The number of hydrogen-bond acceptors (Lipinski definition) is 4. The topological polar surface area (TPSA) is 70.8 Å². The van der Waals surface area contributed by atoms with Crippen molar-refractivity contribution in [3.8, 4) is 11.5 Å². The molecule has 0 aromatic heterocycles. The summed E-state index contributed by atoms with van der Waals surface area (Å²) in [6.45, 7) is 12.1. The van der Waals surface area contributed by atoms with Gasteiger partial charge >= 0.3 is 19.5 Å². The Balaban J connectivity index is 0.00000385. The molecule has 166 valence electrons. The summed E-state index contributed by atoms with van der Waals surface area (Å²) in [5, 5.41) is 25.7. The van der Waals surface area contributed by atoms with Crippen molar-refractivity contribution in [2.75, 3.05) is 0 Å². The molecule has 0 radical (unpaired) electrons. The average Bonchev–Trinajstić information content (AvgIpc) is 2.71. The number of benzene rings is 3. The van der Waals surface area contributed by atoms with Crippen LogP contribution < -0.4 is 10.2 Å². The van der Waals surface area contributed by atoms with E-state index in [-0.39, 0.29) is 41.8 Å². The quantitative estimate of drug-likeness (QED) is 0.335. The molecule has 0 fully saturated rings. The number of para-hydroxylation sites is 4. The predicted octanol–water partition coefficient (Wildman–Crippen LogP) is 5.93. The van der Waals surface area contributed by atoms with Crippen molar-refractivity contribution in [2.45, 2.75) is 52.4 Å². The molecule has 3 aromatic rings. The first kappa shape index (κ1) is 26.5. The normalized spacial score (nSPS) is 12.3. The van der Waals surface area contributed by atoms with E-state index >= 15 is 0 Å². The zero-order valence-electron chi connectivity index (χ0n) is 20.3. The first-order valence-electron chi connectivity index (χ1n) is 10.8. The molecule has 0 saturated heterocycles. The van der Waals surface area contributed by atoms with Crippen LogP contribution in [0.2, 0.25) is 0 Å². The molecule has 0 spiro atoms. The second kappa shape index (κ2) is 10.4. The van der Waals surface area contributed by atoms with E-state index < -0.39 is 0 Å². The summed E-state index contributed by atoms with van der Waals surface area (Å²) >= 11 is 0. The first-order valence-corrected chi connectivity index (χ1v) is 10.8. The van der Waals surface area contributed by atoms with Crippen LogP contribution in [0.1, 0.15) is 63.8 Å². The smallest absolute Gasteiger partial charge is 0.872 e. The Morgan fingerprint density at radius 2 is 0.939 bits per heavy atom. The van der Waals surface area contributed by atoms with Gasteiger partial charge in [-0.25, -0.2) is 0 Å². The molecule has 0 atom stereocenters. The van der Waals surface area contributed by atoms with Gasteiger partial charge in [-0.3, -0.25) is 9.98 Å². The van der Waals surface area contributed by atoms with Crippen molar-refractivity contribution >= 4 is 23.8 Å². The standard InChI is InChI=1S/C28H32N2O2.Zn/c1-27(2,3)21-13-9-11-19(25(21)31)17-29-23-15-7-8-16-24(23)30-18-20-12-10-14-22(26(20)32)28(4,5)6;/h7-18,31-32H,1-6H3;/q;+2/p-2. The van der Waals surface area contributed by atoms with Crippen LogP contribution in [-0.4, -0.2) is 12.4 Å². The van der Waals surface area contributed by atoms with Gasteiger partial charge in [0.2, 0.25) is 0 Å². The Bertz CT molecular complexity index is 1080. The number of rotatable bonds is 4. The van der Waals surface area contributed by atoms with Gasteiger partial charge in [0, 0.05) is 12.4 Å². The fourth-order valence-corrected chi connectivity index (χ4v) is 3.45. The van der Waals surface area contributed by atoms with Gasteiger partial charge in [-0.2, -0.15) is 0 Å². The van der Waals surface area contributed by atoms with E-state index in [9.17, 15) is 10.2 Å². The molecule has 0 saturated carbocycles. The number of nitrogens with zero attached hydrogens (tertiary/aromatic N) is 2. The van der Waals surface area contributed by atoms with E-state index in [1.807, 2.05) is 90.1 Å². The van der Waals surface area contributed by atoms with Crippen molar-refractivity contribution in [3.63, 3.8) is 0 Å². The maximum atomic E-state index is 12.8. The first-order chi connectivity index (χ1) is 15.0. The molecule has 0 N–H and O–H groups in total. The fourth-order valence-electron chi connectivity index (χ4n) is 3.45. The van der Waals surface area contributed by atoms with E-state index in [0.29, 0.717) is 22.5 Å². The molecule has 0 amide bonds. The van der Waals surface area contributed by atoms with Gasteiger partial charge in [0.25, 0.3) is 0 Å². The molecule has 0 bridgehead atoms. The number of hydrogen-bond donors (Lipinski definition) is 0. The molecule has 0 heterocycles. The van der Waals surface area contributed by atoms with Crippen molar-refractivity contribution < 1.29 is 29.7 Å². The van der Waals surface area contributed by atoms with Gasteiger partial charge in [-0.15, -0.1) is 0 Å². The molecule has 33 heavy (non-hydrogen) atoms. The molecule has 3 rings (SSSR count). The summed E-state index contributed by atoms with van der Waals surface area (Å²) < 4.78 is 0. The Hall–Kier alpha value is -2.78. The van der Waals surface area contributed by atoms with Crippen LogP contribution in [0, 0.1) is 0 Å². The zero-order valence-corrected chi connectivity index (χ0v) is 23.3. The minimum absolute atomic E-state index is 0. The van der Waals surface area contributed by atoms with Gasteiger partial charge in [0.1, 0.15) is 0 Å². The van der Waals surface area contributed by atoms with Crippen molar-refractivity contribution in [3.05, 3.63) is 82.9 Å². The second-order valence-corrected chi connectivity index (χ2v) is 9.95. The Labute approximate surface area is 209 Å². The van der Waals surface area contributed by atoms with Gasteiger partial charge in [-0.1, -0.05) is 102 Å². The summed E-state index contributed by atoms with van der Waals surface area (Å²) in [5.41, 5.74) is 3.38. The summed E-state index contributed by atoms with van der Waals surface area (Å²) in [7, 11) is 0. The van der Waals surface area contributed by atoms with Crippen molar-refractivity contribution in [2.24, 2.45) is 9.98 Å². The molecule has 3 aromatic carbocycles. The van der Waals surface area contributed by atoms with Crippen molar-refractivity contribution in [1.29, 1.82) is 0 Å². The zero-order chi connectivity index (χ0) is 23.5. The molecule has 0 unspecified atom stereocenters. The Morgan fingerprint density at radius 1 is 0.576 bits per heavy atom. The van der Waals surface area contributed by atoms with Gasteiger partial charge in [-0.05, 0) is 45.2 Å². The Kier molecular flexibility index (Phi) is 8.37. The Morgan fingerprint density at radius 3 is 1.27 bits per heavy atom. The van der Waals surface area contributed by atoms with Crippen LogP contribution in [0.4, 0.5) is 11.4 Å². The van der Waals surface area contributed by atoms with E-state index in [1.54, 1.807) is 24.6 Å². The van der Waals surface area contributed by atoms with Crippen LogP contribution in [0.15, 0.2) is 70.6 Å². The molecule has 0 aliphatic heterocycles. The van der Waals surface area contributed by atoms with Gasteiger partial charge < -0.3 is 10.2 Å². The molecule has 0 aliphatic carbocycles. The maximum absolute atomic E-state index is 12.8. The SMILES string of the molecule is CC(C)(C)c1cccc(C=Nc2ccccc2N=Cc2cccc(C(C)(C)C)c2[O-])c1[O-].[Zn+2]. The van der Waals surface area contributed by atoms with Gasteiger partial charge in [0.15, 0.2) is 0 Å². The molecule has 0 aliphatic rings. The maximum Gasteiger partial charge on any atom is 2.00 e. The minimum Gasteiger partial charge on any atom is -0.872 e. The summed E-state index contributed by atoms with van der Waals surface area (Å²) in [5.74, 6) is -0.0283.